The maximum absolute atomic E-state index is 12.9. The van der Waals surface area contributed by atoms with Gasteiger partial charge in [0.15, 0.2) is 6.10 Å². The number of rotatable bonds is 2. The van der Waals surface area contributed by atoms with Crippen molar-refractivity contribution in [3.8, 4) is 0 Å². The number of hydrogen-bond donors (Lipinski definition) is 2. The number of aliphatic hydroxyl groups is 1. The number of nitrogens with zero attached hydrogens (tertiary/aromatic N) is 2. The third kappa shape index (κ3) is 3.68. The Hall–Kier alpha value is -2.35. The van der Waals surface area contributed by atoms with Crippen molar-refractivity contribution >= 4 is 22.6 Å². The summed E-state index contributed by atoms with van der Waals surface area (Å²) in [4.78, 5) is 17.8. The van der Waals surface area contributed by atoms with Crippen LogP contribution in [0.5, 0.6) is 0 Å². The number of aliphatic hydroxyl groups excluding tert-OH is 1. The monoisotopic (exact) mass is 353 g/mol. The molecule has 2 amide bonds. The molecule has 2 atom stereocenters. The molecule has 0 bridgehead atoms. The molecule has 5 nitrogen and oxygen atoms in total. The van der Waals surface area contributed by atoms with Gasteiger partial charge < -0.3 is 15.3 Å². The third-order valence-electron chi connectivity index (χ3n) is 4.38. The number of fused-ring (bicyclic) bond motifs is 1. The number of para-hydroxylation sites is 1. The number of urea groups is 1. The first-order chi connectivity index (χ1) is 11.9. The first kappa shape index (κ1) is 17.5. The molecule has 0 aliphatic carbocycles. The second-order valence-electron chi connectivity index (χ2n) is 6.05. The van der Waals surface area contributed by atoms with Gasteiger partial charge in [0.2, 0.25) is 0 Å². The first-order valence-corrected chi connectivity index (χ1v) is 8.04. The molecular formula is C17H18F3N3O2. The van der Waals surface area contributed by atoms with Crippen LogP contribution in [0.1, 0.15) is 19.3 Å². The zero-order valence-corrected chi connectivity index (χ0v) is 13.3. The fourth-order valence-corrected chi connectivity index (χ4v) is 3.15. The number of pyridine rings is 1. The number of anilines is 1. The van der Waals surface area contributed by atoms with Crippen LogP contribution in [0.25, 0.3) is 10.9 Å². The van der Waals surface area contributed by atoms with Crippen molar-refractivity contribution in [1.29, 1.82) is 0 Å². The molecule has 1 fully saturated rings. The van der Waals surface area contributed by atoms with Gasteiger partial charge in [0, 0.05) is 18.1 Å². The number of aromatic nitrogens is 1. The van der Waals surface area contributed by atoms with Crippen LogP contribution in [0, 0.1) is 0 Å². The Labute approximate surface area is 142 Å². The minimum absolute atomic E-state index is 0.113. The minimum Gasteiger partial charge on any atom is -0.382 e. The van der Waals surface area contributed by atoms with E-state index in [9.17, 15) is 23.1 Å². The number of benzene rings is 1. The summed E-state index contributed by atoms with van der Waals surface area (Å²) in [5.74, 6) is 0. The van der Waals surface area contributed by atoms with Crippen molar-refractivity contribution < 1.29 is 23.1 Å². The van der Waals surface area contributed by atoms with Crippen molar-refractivity contribution in [2.45, 2.75) is 37.6 Å². The van der Waals surface area contributed by atoms with Crippen LogP contribution < -0.4 is 5.32 Å². The number of alkyl halides is 3. The molecule has 2 N–H and O–H groups in total. The average Bonchev–Trinajstić information content (AvgIpc) is 2.60. The Balaban J connectivity index is 1.83. The normalized spacial score (nSPS) is 19.7. The van der Waals surface area contributed by atoms with Gasteiger partial charge in [0.25, 0.3) is 0 Å². The first-order valence-electron chi connectivity index (χ1n) is 8.04. The topological polar surface area (TPSA) is 65.5 Å². The van der Waals surface area contributed by atoms with Gasteiger partial charge in [-0.15, -0.1) is 0 Å². The van der Waals surface area contributed by atoms with Gasteiger partial charge in [-0.3, -0.25) is 4.98 Å². The van der Waals surface area contributed by atoms with E-state index in [-0.39, 0.29) is 13.0 Å². The Morgan fingerprint density at radius 1 is 1.28 bits per heavy atom. The molecule has 1 saturated heterocycles. The summed E-state index contributed by atoms with van der Waals surface area (Å²) >= 11 is 0. The van der Waals surface area contributed by atoms with E-state index in [1.54, 1.807) is 24.4 Å². The van der Waals surface area contributed by atoms with Crippen LogP contribution in [-0.2, 0) is 0 Å². The van der Waals surface area contributed by atoms with Crippen LogP contribution in [0.2, 0.25) is 0 Å². The fourth-order valence-electron chi connectivity index (χ4n) is 3.15. The van der Waals surface area contributed by atoms with Crippen LogP contribution in [-0.4, -0.2) is 45.9 Å². The van der Waals surface area contributed by atoms with E-state index in [2.05, 4.69) is 10.3 Å². The molecule has 134 valence electrons. The average molecular weight is 353 g/mol. The predicted octanol–water partition coefficient (Wildman–Crippen LogP) is 3.54. The molecule has 2 unspecified atom stereocenters. The van der Waals surface area contributed by atoms with Gasteiger partial charge in [0.05, 0.1) is 17.2 Å². The van der Waals surface area contributed by atoms with Gasteiger partial charge in [0.1, 0.15) is 0 Å². The van der Waals surface area contributed by atoms with Crippen molar-refractivity contribution in [2.75, 3.05) is 11.9 Å². The summed E-state index contributed by atoms with van der Waals surface area (Å²) < 4.78 is 38.7. The SMILES string of the molecule is O=C(Nc1cccc2cccnc12)N1CCCCC1C(O)C(F)(F)F. The summed E-state index contributed by atoms with van der Waals surface area (Å²) in [6.45, 7) is 0.168. The van der Waals surface area contributed by atoms with E-state index in [1.807, 2.05) is 12.1 Å². The van der Waals surface area contributed by atoms with Crippen molar-refractivity contribution in [1.82, 2.24) is 9.88 Å². The van der Waals surface area contributed by atoms with Crippen LogP contribution >= 0.6 is 0 Å². The summed E-state index contributed by atoms with van der Waals surface area (Å²) in [5.41, 5.74) is 0.984. The molecule has 1 aromatic heterocycles. The van der Waals surface area contributed by atoms with E-state index in [4.69, 9.17) is 0 Å². The van der Waals surface area contributed by atoms with Gasteiger partial charge in [-0.25, -0.2) is 4.79 Å². The second-order valence-corrected chi connectivity index (χ2v) is 6.05. The second kappa shape index (κ2) is 6.87. The molecule has 1 aliphatic rings. The molecule has 1 aliphatic heterocycles. The number of amides is 2. The highest BCUT2D eigenvalue weighted by atomic mass is 19.4. The lowest BCUT2D eigenvalue weighted by molar-refractivity contribution is -0.221. The van der Waals surface area contributed by atoms with E-state index >= 15 is 0 Å². The van der Waals surface area contributed by atoms with E-state index < -0.39 is 24.4 Å². The minimum atomic E-state index is -4.76. The molecule has 2 aromatic rings. The number of likely N-dealkylation sites (tertiary alicyclic amines) is 1. The van der Waals surface area contributed by atoms with Crippen LogP contribution in [0.15, 0.2) is 36.5 Å². The highest BCUT2D eigenvalue weighted by Crippen LogP contribution is 2.31. The van der Waals surface area contributed by atoms with E-state index in [0.29, 0.717) is 24.0 Å². The quantitative estimate of drug-likeness (QED) is 0.868. The van der Waals surface area contributed by atoms with Crippen LogP contribution in [0.4, 0.5) is 23.7 Å². The Morgan fingerprint density at radius 3 is 2.80 bits per heavy atom. The summed E-state index contributed by atoms with van der Waals surface area (Å²) in [5, 5.41) is 13.1. The summed E-state index contributed by atoms with van der Waals surface area (Å²) in [6.07, 6.45) is -4.48. The molecule has 25 heavy (non-hydrogen) atoms. The standard InChI is InChI=1S/C17H18F3N3O2/c18-17(19,20)15(24)13-8-1-2-10-23(13)16(25)22-12-7-3-5-11-6-4-9-21-14(11)12/h3-7,9,13,15,24H,1-2,8,10H2,(H,22,25). The molecule has 0 spiro atoms. The maximum Gasteiger partial charge on any atom is 0.416 e. The van der Waals surface area contributed by atoms with Crippen molar-refractivity contribution in [3.63, 3.8) is 0 Å². The van der Waals surface area contributed by atoms with Gasteiger partial charge in [-0.1, -0.05) is 18.2 Å². The lowest BCUT2D eigenvalue weighted by atomic mass is 9.97. The van der Waals surface area contributed by atoms with Crippen molar-refractivity contribution in [3.05, 3.63) is 36.5 Å². The number of nitrogens with one attached hydrogen (secondary N) is 1. The summed E-state index contributed by atoms with van der Waals surface area (Å²) in [7, 11) is 0. The number of hydrogen-bond acceptors (Lipinski definition) is 3. The molecule has 3 rings (SSSR count). The molecule has 0 radical (unpaired) electrons. The van der Waals surface area contributed by atoms with Crippen LogP contribution in [0.3, 0.4) is 0 Å². The number of piperidine rings is 1. The lowest BCUT2D eigenvalue weighted by Gasteiger charge is -2.38. The van der Waals surface area contributed by atoms with Gasteiger partial charge in [-0.05, 0) is 31.4 Å². The molecule has 2 heterocycles. The van der Waals surface area contributed by atoms with Gasteiger partial charge >= 0.3 is 12.2 Å². The molecule has 8 heteroatoms. The van der Waals surface area contributed by atoms with E-state index in [1.165, 1.54) is 0 Å². The third-order valence-corrected chi connectivity index (χ3v) is 4.38. The van der Waals surface area contributed by atoms with Crippen molar-refractivity contribution in [2.24, 2.45) is 0 Å². The molecular weight excluding hydrogens is 335 g/mol. The predicted molar refractivity (Wildman–Crippen MR) is 87.2 cm³/mol. The number of carbonyl (C=O) groups excluding carboxylic acids is 1. The highest BCUT2D eigenvalue weighted by Gasteiger charge is 2.47. The number of carbonyl (C=O) groups is 1. The molecule has 0 saturated carbocycles. The highest BCUT2D eigenvalue weighted by molar-refractivity contribution is 5.99. The maximum atomic E-state index is 12.9. The van der Waals surface area contributed by atoms with E-state index in [0.717, 1.165) is 10.3 Å². The zero-order chi connectivity index (χ0) is 18.0. The lowest BCUT2D eigenvalue weighted by Crippen LogP contribution is -2.55. The Kier molecular flexibility index (Phi) is 4.80. The fraction of sp³-hybridized carbons (Fsp3) is 0.412. The van der Waals surface area contributed by atoms with Gasteiger partial charge in [-0.2, -0.15) is 13.2 Å². The smallest absolute Gasteiger partial charge is 0.382 e. The number of halogens is 3. The summed E-state index contributed by atoms with van der Waals surface area (Å²) in [6, 6.07) is 6.85. The molecule has 1 aromatic carbocycles. The Bertz CT molecular complexity index is 761. The Morgan fingerprint density at radius 2 is 2.04 bits per heavy atom. The zero-order valence-electron chi connectivity index (χ0n) is 13.3. The largest absolute Gasteiger partial charge is 0.416 e.